The number of H-pyrrole nitrogens is 1. The van der Waals surface area contributed by atoms with Crippen molar-refractivity contribution >= 4 is 11.0 Å². The van der Waals surface area contributed by atoms with Crippen molar-refractivity contribution in [3.8, 4) is 0 Å². The molecule has 0 aliphatic carbocycles. The van der Waals surface area contributed by atoms with E-state index in [1.165, 1.54) is 6.07 Å². The van der Waals surface area contributed by atoms with Gasteiger partial charge >= 0.3 is 0 Å². The third kappa shape index (κ3) is 1.97. The van der Waals surface area contributed by atoms with Crippen LogP contribution in [-0.4, -0.2) is 16.5 Å². The second-order valence-electron chi connectivity index (χ2n) is 3.36. The Kier molecular flexibility index (Phi) is 2.64. The Morgan fingerprint density at radius 2 is 2.13 bits per heavy atom. The number of nitrogens with two attached hydrogens (primary N) is 1. The number of aromatic nitrogens is 2. The standard InChI is InChI=1S/C10H11F2N3/c11-6-4-7(12)10-8(5-6)14-9(15-10)2-1-3-13/h4-5H,1-3,13H2,(H,14,15). The van der Waals surface area contributed by atoms with Crippen molar-refractivity contribution in [1.29, 1.82) is 0 Å². The maximum absolute atomic E-state index is 13.2. The molecule has 1 aromatic heterocycles. The van der Waals surface area contributed by atoms with E-state index in [1.54, 1.807) is 0 Å². The summed E-state index contributed by atoms with van der Waals surface area (Å²) >= 11 is 0. The van der Waals surface area contributed by atoms with Gasteiger partial charge in [0.15, 0.2) is 5.82 Å². The van der Waals surface area contributed by atoms with Crippen molar-refractivity contribution in [3.05, 3.63) is 29.6 Å². The summed E-state index contributed by atoms with van der Waals surface area (Å²) in [5.74, 6) is -0.603. The molecule has 0 unspecified atom stereocenters. The van der Waals surface area contributed by atoms with Gasteiger partial charge in [-0.25, -0.2) is 13.8 Å². The number of nitrogens with one attached hydrogen (secondary N) is 1. The van der Waals surface area contributed by atoms with E-state index in [-0.39, 0.29) is 5.52 Å². The Labute approximate surface area is 85.3 Å². The van der Waals surface area contributed by atoms with Crippen LogP contribution in [0.5, 0.6) is 0 Å². The van der Waals surface area contributed by atoms with E-state index in [0.717, 1.165) is 12.5 Å². The van der Waals surface area contributed by atoms with Crippen molar-refractivity contribution < 1.29 is 8.78 Å². The number of benzene rings is 1. The molecule has 0 aliphatic rings. The zero-order chi connectivity index (χ0) is 10.8. The van der Waals surface area contributed by atoms with E-state index in [1.807, 2.05) is 0 Å². The van der Waals surface area contributed by atoms with Gasteiger partial charge in [-0.15, -0.1) is 0 Å². The minimum absolute atomic E-state index is 0.184. The summed E-state index contributed by atoms with van der Waals surface area (Å²) in [5.41, 5.74) is 5.92. The minimum atomic E-state index is -0.639. The zero-order valence-electron chi connectivity index (χ0n) is 8.06. The summed E-state index contributed by atoms with van der Waals surface area (Å²) < 4.78 is 26.1. The first kappa shape index (κ1) is 10.0. The summed E-state index contributed by atoms with van der Waals surface area (Å²) in [7, 11) is 0. The highest BCUT2D eigenvalue weighted by atomic mass is 19.1. The Balaban J connectivity index is 2.41. The normalized spacial score (nSPS) is 11.1. The lowest BCUT2D eigenvalue weighted by atomic mass is 10.3. The summed E-state index contributed by atoms with van der Waals surface area (Å²) in [5, 5.41) is 0. The molecule has 0 atom stereocenters. The Hall–Kier alpha value is -1.49. The quantitative estimate of drug-likeness (QED) is 0.812. The van der Waals surface area contributed by atoms with E-state index in [2.05, 4.69) is 9.97 Å². The predicted molar refractivity (Wildman–Crippen MR) is 53.4 cm³/mol. The van der Waals surface area contributed by atoms with Gasteiger partial charge in [0.05, 0.1) is 5.52 Å². The van der Waals surface area contributed by atoms with E-state index >= 15 is 0 Å². The number of fused-ring (bicyclic) bond motifs is 1. The summed E-state index contributed by atoms with van der Waals surface area (Å²) in [4.78, 5) is 6.90. The van der Waals surface area contributed by atoms with E-state index in [9.17, 15) is 8.78 Å². The molecular weight excluding hydrogens is 200 g/mol. The van der Waals surface area contributed by atoms with Gasteiger partial charge in [0.25, 0.3) is 0 Å². The Morgan fingerprint density at radius 3 is 2.87 bits per heavy atom. The molecule has 80 valence electrons. The molecule has 1 heterocycles. The molecule has 5 heteroatoms. The molecule has 0 saturated heterocycles. The first-order valence-corrected chi connectivity index (χ1v) is 4.74. The lowest BCUT2D eigenvalue weighted by Gasteiger charge is -1.91. The number of nitrogens with zero attached hydrogens (tertiary/aromatic N) is 1. The molecule has 0 bridgehead atoms. The van der Waals surface area contributed by atoms with E-state index in [0.29, 0.717) is 24.3 Å². The van der Waals surface area contributed by atoms with Gasteiger partial charge in [0, 0.05) is 12.5 Å². The third-order valence-corrected chi connectivity index (χ3v) is 2.17. The molecule has 0 spiro atoms. The fourth-order valence-electron chi connectivity index (χ4n) is 1.48. The first-order valence-electron chi connectivity index (χ1n) is 4.74. The van der Waals surface area contributed by atoms with Crippen LogP contribution in [0.15, 0.2) is 12.1 Å². The average molecular weight is 211 g/mol. The predicted octanol–water partition coefficient (Wildman–Crippen LogP) is 1.73. The van der Waals surface area contributed by atoms with Gasteiger partial charge in [0.2, 0.25) is 0 Å². The third-order valence-electron chi connectivity index (χ3n) is 2.17. The van der Waals surface area contributed by atoms with Crippen molar-refractivity contribution in [1.82, 2.24) is 9.97 Å². The van der Waals surface area contributed by atoms with Crippen LogP contribution in [0.3, 0.4) is 0 Å². The number of aryl methyl sites for hydroxylation is 1. The zero-order valence-corrected chi connectivity index (χ0v) is 8.06. The van der Waals surface area contributed by atoms with Crippen LogP contribution in [-0.2, 0) is 6.42 Å². The molecule has 2 rings (SSSR count). The molecule has 0 amide bonds. The van der Waals surface area contributed by atoms with Gasteiger partial charge < -0.3 is 10.7 Å². The Morgan fingerprint density at radius 1 is 1.33 bits per heavy atom. The largest absolute Gasteiger partial charge is 0.342 e. The monoisotopic (exact) mass is 211 g/mol. The highest BCUT2D eigenvalue weighted by Crippen LogP contribution is 2.17. The molecule has 0 saturated carbocycles. The summed E-state index contributed by atoms with van der Waals surface area (Å²) in [6, 6.07) is 2.06. The number of hydrogen-bond donors (Lipinski definition) is 2. The molecule has 2 aromatic rings. The fraction of sp³-hybridized carbons (Fsp3) is 0.300. The highest BCUT2D eigenvalue weighted by molar-refractivity contribution is 5.75. The minimum Gasteiger partial charge on any atom is -0.342 e. The lowest BCUT2D eigenvalue weighted by Crippen LogP contribution is -2.01. The lowest BCUT2D eigenvalue weighted by molar-refractivity contribution is 0.590. The van der Waals surface area contributed by atoms with Gasteiger partial charge in [-0.05, 0) is 19.0 Å². The average Bonchev–Trinajstić information content (AvgIpc) is 2.57. The smallest absolute Gasteiger partial charge is 0.153 e. The number of imidazole rings is 1. The number of hydrogen-bond acceptors (Lipinski definition) is 2. The molecular formula is C10H11F2N3. The van der Waals surface area contributed by atoms with Crippen molar-refractivity contribution in [2.24, 2.45) is 5.73 Å². The number of rotatable bonds is 3. The second-order valence-corrected chi connectivity index (χ2v) is 3.36. The van der Waals surface area contributed by atoms with Crippen molar-refractivity contribution in [2.45, 2.75) is 12.8 Å². The number of halogens is 2. The van der Waals surface area contributed by atoms with E-state index in [4.69, 9.17) is 5.73 Å². The summed E-state index contributed by atoms with van der Waals surface area (Å²) in [6.45, 7) is 0.549. The first-order chi connectivity index (χ1) is 7.20. The molecule has 1 aromatic carbocycles. The Bertz CT molecular complexity index is 479. The molecule has 0 fully saturated rings. The van der Waals surface area contributed by atoms with Crippen molar-refractivity contribution in [3.63, 3.8) is 0 Å². The van der Waals surface area contributed by atoms with Crippen LogP contribution in [0.25, 0.3) is 11.0 Å². The maximum Gasteiger partial charge on any atom is 0.153 e. The van der Waals surface area contributed by atoms with Gasteiger partial charge in [0.1, 0.15) is 17.2 Å². The van der Waals surface area contributed by atoms with Crippen LogP contribution < -0.4 is 5.73 Å². The maximum atomic E-state index is 13.2. The van der Waals surface area contributed by atoms with Crippen molar-refractivity contribution in [2.75, 3.05) is 6.54 Å². The van der Waals surface area contributed by atoms with Gasteiger partial charge in [-0.1, -0.05) is 0 Å². The molecule has 0 radical (unpaired) electrons. The summed E-state index contributed by atoms with van der Waals surface area (Å²) in [6.07, 6.45) is 1.41. The molecule has 3 N–H and O–H groups in total. The van der Waals surface area contributed by atoms with Gasteiger partial charge in [-0.3, -0.25) is 0 Å². The molecule has 3 nitrogen and oxygen atoms in total. The van der Waals surface area contributed by atoms with Crippen LogP contribution in [0.2, 0.25) is 0 Å². The highest BCUT2D eigenvalue weighted by Gasteiger charge is 2.09. The van der Waals surface area contributed by atoms with Crippen LogP contribution in [0, 0.1) is 11.6 Å². The second kappa shape index (κ2) is 3.94. The topological polar surface area (TPSA) is 54.7 Å². The van der Waals surface area contributed by atoms with Crippen LogP contribution in [0.1, 0.15) is 12.2 Å². The van der Waals surface area contributed by atoms with Gasteiger partial charge in [-0.2, -0.15) is 0 Å². The van der Waals surface area contributed by atoms with Crippen LogP contribution in [0.4, 0.5) is 8.78 Å². The fourth-order valence-corrected chi connectivity index (χ4v) is 1.48. The molecule has 0 aliphatic heterocycles. The SMILES string of the molecule is NCCCc1nc2c(F)cc(F)cc2[nH]1. The number of aromatic amines is 1. The van der Waals surface area contributed by atoms with E-state index < -0.39 is 11.6 Å². The van der Waals surface area contributed by atoms with Crippen LogP contribution >= 0.6 is 0 Å². The molecule has 15 heavy (non-hydrogen) atoms.